The van der Waals surface area contributed by atoms with Gasteiger partial charge >= 0.3 is 5.69 Å². The van der Waals surface area contributed by atoms with Crippen molar-refractivity contribution in [2.24, 2.45) is 0 Å². The molecule has 0 radical (unpaired) electrons. The summed E-state index contributed by atoms with van der Waals surface area (Å²) in [5, 5.41) is 14.2. The highest BCUT2D eigenvalue weighted by molar-refractivity contribution is 5.68. The maximum atomic E-state index is 11.2. The highest BCUT2D eigenvalue weighted by Gasteiger charge is 2.20. The van der Waals surface area contributed by atoms with E-state index in [1.807, 2.05) is 6.92 Å². The van der Waals surface area contributed by atoms with Gasteiger partial charge in [0.1, 0.15) is 5.69 Å². The Hall–Kier alpha value is -1.82. The molecule has 0 saturated heterocycles. The minimum absolute atomic E-state index is 0.00614. The third-order valence-corrected chi connectivity index (χ3v) is 2.48. The van der Waals surface area contributed by atoms with Crippen LogP contribution >= 0.6 is 0 Å². The Morgan fingerprint density at radius 3 is 2.79 bits per heavy atom. The Labute approximate surface area is 112 Å². The van der Waals surface area contributed by atoms with E-state index in [-0.39, 0.29) is 5.69 Å². The van der Waals surface area contributed by atoms with Crippen LogP contribution in [0.15, 0.2) is 18.2 Å². The van der Waals surface area contributed by atoms with Crippen LogP contribution in [0.1, 0.15) is 19.8 Å². The van der Waals surface area contributed by atoms with Gasteiger partial charge in [0.25, 0.3) is 0 Å². The molecule has 1 aromatic carbocycles. The molecule has 0 amide bonds. The number of nitro groups is 1. The molecule has 0 aliphatic carbocycles. The van der Waals surface area contributed by atoms with E-state index < -0.39 is 4.92 Å². The Morgan fingerprint density at radius 1 is 1.37 bits per heavy atom. The van der Waals surface area contributed by atoms with Crippen molar-refractivity contribution in [3.63, 3.8) is 0 Å². The van der Waals surface area contributed by atoms with Gasteiger partial charge in [0.15, 0.2) is 5.75 Å². The lowest BCUT2D eigenvalue weighted by Gasteiger charge is -2.10. The van der Waals surface area contributed by atoms with E-state index in [1.54, 1.807) is 25.3 Å². The first-order chi connectivity index (χ1) is 9.20. The van der Waals surface area contributed by atoms with E-state index in [4.69, 9.17) is 9.47 Å². The van der Waals surface area contributed by atoms with E-state index in [0.717, 1.165) is 12.8 Å². The molecule has 0 aliphatic rings. The number of para-hydroxylation sites is 1. The van der Waals surface area contributed by atoms with Gasteiger partial charge in [0.05, 0.1) is 11.5 Å². The van der Waals surface area contributed by atoms with Crippen molar-refractivity contribution in [1.82, 2.24) is 0 Å². The van der Waals surface area contributed by atoms with E-state index in [1.165, 1.54) is 0 Å². The average molecular weight is 268 g/mol. The van der Waals surface area contributed by atoms with Gasteiger partial charge in [-0.3, -0.25) is 10.1 Å². The SMILES string of the molecule is CCCOc1cccc(NCCCOC)c1[N+](=O)[O-]. The minimum atomic E-state index is -0.413. The van der Waals surface area contributed by atoms with Crippen molar-refractivity contribution in [3.8, 4) is 5.75 Å². The number of hydrogen-bond acceptors (Lipinski definition) is 5. The van der Waals surface area contributed by atoms with Crippen molar-refractivity contribution in [3.05, 3.63) is 28.3 Å². The van der Waals surface area contributed by atoms with Gasteiger partial charge in [-0.15, -0.1) is 0 Å². The van der Waals surface area contributed by atoms with Gasteiger partial charge in [-0.1, -0.05) is 13.0 Å². The molecule has 0 saturated carbocycles. The van der Waals surface area contributed by atoms with Crippen LogP contribution in [0.4, 0.5) is 11.4 Å². The van der Waals surface area contributed by atoms with Crippen LogP contribution < -0.4 is 10.1 Å². The molecule has 0 spiro atoms. The van der Waals surface area contributed by atoms with Crippen LogP contribution in [0.2, 0.25) is 0 Å². The summed E-state index contributed by atoms with van der Waals surface area (Å²) < 4.78 is 10.3. The maximum Gasteiger partial charge on any atom is 0.333 e. The van der Waals surface area contributed by atoms with Crippen molar-refractivity contribution >= 4 is 11.4 Å². The van der Waals surface area contributed by atoms with E-state index in [2.05, 4.69) is 5.32 Å². The second kappa shape index (κ2) is 8.31. The molecular weight excluding hydrogens is 248 g/mol. The number of benzene rings is 1. The summed E-state index contributed by atoms with van der Waals surface area (Å²) in [6.07, 6.45) is 1.59. The van der Waals surface area contributed by atoms with Gasteiger partial charge in [0, 0.05) is 20.3 Å². The monoisotopic (exact) mass is 268 g/mol. The lowest BCUT2D eigenvalue weighted by Crippen LogP contribution is -2.08. The van der Waals surface area contributed by atoms with Crippen molar-refractivity contribution in [1.29, 1.82) is 0 Å². The van der Waals surface area contributed by atoms with Crippen molar-refractivity contribution in [2.45, 2.75) is 19.8 Å². The highest BCUT2D eigenvalue weighted by Crippen LogP contribution is 2.34. The first-order valence-corrected chi connectivity index (χ1v) is 6.33. The number of nitrogens with zero attached hydrogens (tertiary/aromatic N) is 1. The van der Waals surface area contributed by atoms with Crippen LogP contribution in [0.3, 0.4) is 0 Å². The molecule has 0 bridgehead atoms. The Kier molecular flexibility index (Phi) is 6.67. The molecule has 6 heteroatoms. The third-order valence-electron chi connectivity index (χ3n) is 2.48. The van der Waals surface area contributed by atoms with Crippen LogP contribution in [-0.2, 0) is 4.74 Å². The molecule has 0 unspecified atom stereocenters. The number of nitrogens with one attached hydrogen (secondary N) is 1. The lowest BCUT2D eigenvalue weighted by molar-refractivity contribution is -0.385. The summed E-state index contributed by atoms with van der Waals surface area (Å²) >= 11 is 0. The normalized spacial score (nSPS) is 10.2. The molecule has 1 aromatic rings. The summed E-state index contributed by atoms with van der Waals surface area (Å²) in [5.74, 6) is 0.309. The zero-order valence-corrected chi connectivity index (χ0v) is 11.3. The van der Waals surface area contributed by atoms with Crippen LogP contribution in [-0.4, -0.2) is 31.8 Å². The van der Waals surface area contributed by atoms with Crippen molar-refractivity contribution < 1.29 is 14.4 Å². The standard InChI is InChI=1S/C13H20N2O4/c1-3-9-19-12-7-4-6-11(13(12)15(16)17)14-8-5-10-18-2/h4,6-7,14H,3,5,8-10H2,1-2H3. The van der Waals surface area contributed by atoms with Gasteiger partial charge in [0.2, 0.25) is 0 Å². The predicted octanol–water partition coefficient (Wildman–Crippen LogP) is 2.83. The van der Waals surface area contributed by atoms with E-state index >= 15 is 0 Å². The molecular formula is C13H20N2O4. The molecule has 6 nitrogen and oxygen atoms in total. The first-order valence-electron chi connectivity index (χ1n) is 6.33. The van der Waals surface area contributed by atoms with Crippen molar-refractivity contribution in [2.75, 3.05) is 32.2 Å². The van der Waals surface area contributed by atoms with Crippen LogP contribution in [0.5, 0.6) is 5.75 Å². The van der Waals surface area contributed by atoms with E-state index in [0.29, 0.717) is 31.2 Å². The molecule has 19 heavy (non-hydrogen) atoms. The molecule has 0 aliphatic heterocycles. The number of nitro benzene ring substituents is 1. The predicted molar refractivity (Wildman–Crippen MR) is 73.9 cm³/mol. The lowest BCUT2D eigenvalue weighted by atomic mass is 10.2. The fraction of sp³-hybridized carbons (Fsp3) is 0.538. The second-order valence-electron chi connectivity index (χ2n) is 4.03. The van der Waals surface area contributed by atoms with Gasteiger partial charge < -0.3 is 14.8 Å². The fourth-order valence-corrected chi connectivity index (χ4v) is 1.62. The molecule has 0 aromatic heterocycles. The number of hydrogen-bond donors (Lipinski definition) is 1. The van der Waals surface area contributed by atoms with Gasteiger partial charge in [-0.2, -0.15) is 0 Å². The smallest absolute Gasteiger partial charge is 0.333 e. The summed E-state index contributed by atoms with van der Waals surface area (Å²) in [5.41, 5.74) is 0.475. The van der Waals surface area contributed by atoms with Crippen LogP contribution in [0, 0.1) is 10.1 Å². The number of methoxy groups -OCH3 is 1. The largest absolute Gasteiger partial charge is 0.487 e. The average Bonchev–Trinajstić information content (AvgIpc) is 2.41. The zero-order chi connectivity index (χ0) is 14.1. The molecule has 0 fully saturated rings. The quantitative estimate of drug-likeness (QED) is 0.423. The third kappa shape index (κ3) is 4.75. The Morgan fingerprint density at radius 2 is 2.16 bits per heavy atom. The number of ether oxygens (including phenoxy) is 2. The molecule has 106 valence electrons. The molecule has 1 rings (SSSR count). The van der Waals surface area contributed by atoms with Crippen LogP contribution in [0.25, 0.3) is 0 Å². The highest BCUT2D eigenvalue weighted by atomic mass is 16.6. The number of rotatable bonds is 9. The summed E-state index contributed by atoms with van der Waals surface area (Å²) in [6, 6.07) is 5.05. The summed E-state index contributed by atoms with van der Waals surface area (Å²) in [7, 11) is 1.63. The zero-order valence-electron chi connectivity index (χ0n) is 11.3. The van der Waals surface area contributed by atoms with Gasteiger partial charge in [-0.05, 0) is 25.0 Å². The van der Waals surface area contributed by atoms with E-state index in [9.17, 15) is 10.1 Å². The molecule has 0 heterocycles. The summed E-state index contributed by atoms with van der Waals surface area (Å²) in [6.45, 7) is 3.66. The molecule has 0 atom stereocenters. The second-order valence-corrected chi connectivity index (χ2v) is 4.03. The maximum absolute atomic E-state index is 11.2. The fourth-order valence-electron chi connectivity index (χ4n) is 1.62. The van der Waals surface area contributed by atoms with Gasteiger partial charge in [-0.25, -0.2) is 0 Å². The Balaban J connectivity index is 2.80. The Bertz CT molecular complexity index is 410. The molecule has 1 N–H and O–H groups in total. The number of anilines is 1. The topological polar surface area (TPSA) is 73.6 Å². The summed E-state index contributed by atoms with van der Waals surface area (Å²) in [4.78, 5) is 10.7. The minimum Gasteiger partial charge on any atom is -0.487 e. The first kappa shape index (κ1) is 15.2.